The smallest absolute Gasteiger partial charge is 0.258 e. The van der Waals surface area contributed by atoms with Crippen LogP contribution in [0.2, 0.25) is 0 Å². The maximum absolute atomic E-state index is 12.9. The molecule has 1 N–H and O–H groups in total. The van der Waals surface area contributed by atoms with Crippen LogP contribution in [0.15, 0.2) is 48.5 Å². The molecular formula is C22H26N2O2. The fourth-order valence-corrected chi connectivity index (χ4v) is 3.28. The number of rotatable bonds is 3. The molecule has 4 heteroatoms. The first-order chi connectivity index (χ1) is 12.3. The molecule has 3 rings (SSSR count). The van der Waals surface area contributed by atoms with Gasteiger partial charge in [-0.05, 0) is 54.2 Å². The second-order valence-corrected chi connectivity index (χ2v) is 8.05. The van der Waals surface area contributed by atoms with Gasteiger partial charge in [-0.25, -0.2) is 0 Å². The molecule has 136 valence electrons. The lowest BCUT2D eigenvalue weighted by atomic mass is 9.92. The van der Waals surface area contributed by atoms with Gasteiger partial charge in [0.1, 0.15) is 0 Å². The average Bonchev–Trinajstić information content (AvgIpc) is 2.59. The van der Waals surface area contributed by atoms with Gasteiger partial charge in [0.25, 0.3) is 5.91 Å². The van der Waals surface area contributed by atoms with Crippen LogP contribution in [-0.4, -0.2) is 18.4 Å². The number of aryl methyl sites for hydroxylation is 1. The van der Waals surface area contributed by atoms with Crippen LogP contribution in [0.5, 0.6) is 0 Å². The second kappa shape index (κ2) is 7.32. The van der Waals surface area contributed by atoms with Crippen LogP contribution in [0, 0.1) is 5.41 Å². The third kappa shape index (κ3) is 4.31. The maximum atomic E-state index is 12.9. The Kier molecular flexibility index (Phi) is 5.12. The Morgan fingerprint density at radius 1 is 1.04 bits per heavy atom. The molecule has 4 nitrogen and oxygen atoms in total. The van der Waals surface area contributed by atoms with E-state index in [1.807, 2.05) is 43.9 Å². The molecule has 26 heavy (non-hydrogen) atoms. The van der Waals surface area contributed by atoms with Crippen LogP contribution in [-0.2, 0) is 11.2 Å². The standard InChI is InChI=1S/C22H26N2O2/c1-22(2,3)15-20(25)23-18-12-10-17(11-13-18)21(26)24-14-6-8-16-7-4-5-9-19(16)24/h4-5,7,9-13H,6,8,14-15H2,1-3H3,(H,23,25). The molecule has 0 saturated heterocycles. The molecule has 0 spiro atoms. The summed E-state index contributed by atoms with van der Waals surface area (Å²) < 4.78 is 0. The second-order valence-electron chi connectivity index (χ2n) is 8.05. The van der Waals surface area contributed by atoms with Crippen molar-refractivity contribution in [2.45, 2.75) is 40.0 Å². The van der Waals surface area contributed by atoms with Crippen molar-refractivity contribution < 1.29 is 9.59 Å². The predicted octanol–water partition coefficient (Wildman–Crippen LogP) is 4.65. The van der Waals surface area contributed by atoms with E-state index in [9.17, 15) is 9.59 Å². The Balaban J connectivity index is 1.71. The fourth-order valence-electron chi connectivity index (χ4n) is 3.28. The van der Waals surface area contributed by atoms with Crippen LogP contribution in [0.3, 0.4) is 0 Å². The zero-order valence-electron chi connectivity index (χ0n) is 15.7. The first-order valence-corrected chi connectivity index (χ1v) is 9.13. The molecule has 0 fully saturated rings. The van der Waals surface area contributed by atoms with E-state index in [1.54, 1.807) is 24.3 Å². The van der Waals surface area contributed by atoms with Gasteiger partial charge in [-0.3, -0.25) is 9.59 Å². The molecule has 1 aliphatic heterocycles. The van der Waals surface area contributed by atoms with Gasteiger partial charge in [0.2, 0.25) is 5.91 Å². The zero-order chi connectivity index (χ0) is 18.7. The van der Waals surface area contributed by atoms with Gasteiger partial charge in [-0.15, -0.1) is 0 Å². The number of carbonyl (C=O) groups is 2. The molecular weight excluding hydrogens is 324 g/mol. The van der Waals surface area contributed by atoms with E-state index in [0.29, 0.717) is 12.0 Å². The summed E-state index contributed by atoms with van der Waals surface area (Å²) in [6, 6.07) is 15.2. The summed E-state index contributed by atoms with van der Waals surface area (Å²) in [6.07, 6.45) is 2.45. The molecule has 0 aromatic heterocycles. The Bertz CT molecular complexity index is 804. The first-order valence-electron chi connectivity index (χ1n) is 9.13. The minimum absolute atomic E-state index is 0.00437. The van der Waals surface area contributed by atoms with Gasteiger partial charge >= 0.3 is 0 Å². The van der Waals surface area contributed by atoms with Crippen molar-refractivity contribution in [2.75, 3.05) is 16.8 Å². The lowest BCUT2D eigenvalue weighted by Gasteiger charge is -2.29. The van der Waals surface area contributed by atoms with Gasteiger partial charge in [0.15, 0.2) is 0 Å². The van der Waals surface area contributed by atoms with Crippen molar-refractivity contribution in [3.8, 4) is 0 Å². The first kappa shape index (κ1) is 18.2. The summed E-state index contributed by atoms with van der Waals surface area (Å²) in [6.45, 7) is 6.83. The Morgan fingerprint density at radius 3 is 2.42 bits per heavy atom. The van der Waals surface area contributed by atoms with Crippen molar-refractivity contribution in [1.29, 1.82) is 0 Å². The molecule has 1 heterocycles. The number of nitrogens with one attached hydrogen (secondary N) is 1. The van der Waals surface area contributed by atoms with Crippen molar-refractivity contribution in [3.05, 3.63) is 59.7 Å². The molecule has 0 saturated carbocycles. The van der Waals surface area contributed by atoms with Crippen LogP contribution in [0.1, 0.15) is 49.5 Å². The highest BCUT2D eigenvalue weighted by molar-refractivity contribution is 6.07. The highest BCUT2D eigenvalue weighted by Gasteiger charge is 2.23. The monoisotopic (exact) mass is 350 g/mol. The number of hydrogen-bond donors (Lipinski definition) is 1. The molecule has 0 unspecified atom stereocenters. The highest BCUT2D eigenvalue weighted by Crippen LogP contribution is 2.28. The summed E-state index contributed by atoms with van der Waals surface area (Å²) in [5.74, 6) is -0.00810. The molecule has 0 atom stereocenters. The van der Waals surface area contributed by atoms with E-state index in [1.165, 1.54) is 5.56 Å². The Morgan fingerprint density at radius 2 is 1.73 bits per heavy atom. The summed E-state index contributed by atoms with van der Waals surface area (Å²) in [4.78, 5) is 26.8. The van der Waals surface area contributed by atoms with Crippen LogP contribution >= 0.6 is 0 Å². The van der Waals surface area contributed by atoms with E-state index >= 15 is 0 Å². The van der Waals surface area contributed by atoms with Gasteiger partial charge in [0, 0.05) is 29.9 Å². The normalized spacial score (nSPS) is 13.9. The Labute approximate surface area is 155 Å². The lowest BCUT2D eigenvalue weighted by molar-refractivity contribution is -0.117. The quantitative estimate of drug-likeness (QED) is 0.875. The van der Waals surface area contributed by atoms with Gasteiger partial charge in [0.05, 0.1) is 0 Å². The minimum atomic E-state index is -0.0539. The van der Waals surface area contributed by atoms with Crippen molar-refractivity contribution in [3.63, 3.8) is 0 Å². The number of hydrogen-bond acceptors (Lipinski definition) is 2. The molecule has 2 amide bonds. The maximum Gasteiger partial charge on any atom is 0.258 e. The number of para-hydroxylation sites is 1. The summed E-state index contributed by atoms with van der Waals surface area (Å²) in [5.41, 5.74) is 3.52. The van der Waals surface area contributed by atoms with E-state index in [4.69, 9.17) is 0 Å². The van der Waals surface area contributed by atoms with E-state index in [0.717, 1.165) is 30.8 Å². The molecule has 2 aromatic rings. The van der Waals surface area contributed by atoms with Gasteiger partial charge < -0.3 is 10.2 Å². The number of nitrogens with zero attached hydrogens (tertiary/aromatic N) is 1. The van der Waals surface area contributed by atoms with Crippen molar-refractivity contribution >= 4 is 23.2 Å². The topological polar surface area (TPSA) is 49.4 Å². The van der Waals surface area contributed by atoms with Gasteiger partial charge in [-0.1, -0.05) is 39.0 Å². The van der Waals surface area contributed by atoms with E-state index in [2.05, 4.69) is 11.4 Å². The third-order valence-corrected chi connectivity index (χ3v) is 4.46. The van der Waals surface area contributed by atoms with E-state index in [-0.39, 0.29) is 17.2 Å². The minimum Gasteiger partial charge on any atom is -0.326 e. The van der Waals surface area contributed by atoms with Crippen LogP contribution < -0.4 is 10.2 Å². The van der Waals surface area contributed by atoms with Crippen LogP contribution in [0.4, 0.5) is 11.4 Å². The zero-order valence-corrected chi connectivity index (χ0v) is 15.7. The van der Waals surface area contributed by atoms with E-state index < -0.39 is 0 Å². The predicted molar refractivity (Wildman–Crippen MR) is 106 cm³/mol. The number of benzene rings is 2. The molecule has 1 aliphatic rings. The number of amides is 2. The number of carbonyl (C=O) groups excluding carboxylic acids is 2. The largest absolute Gasteiger partial charge is 0.326 e. The molecule has 0 aliphatic carbocycles. The van der Waals surface area contributed by atoms with Crippen molar-refractivity contribution in [1.82, 2.24) is 0 Å². The van der Waals surface area contributed by atoms with Crippen molar-refractivity contribution in [2.24, 2.45) is 5.41 Å². The Hall–Kier alpha value is -2.62. The lowest BCUT2D eigenvalue weighted by Crippen LogP contribution is -2.35. The summed E-state index contributed by atoms with van der Waals surface area (Å²) >= 11 is 0. The fraction of sp³-hybridized carbons (Fsp3) is 0.364. The summed E-state index contributed by atoms with van der Waals surface area (Å²) in [7, 11) is 0. The third-order valence-electron chi connectivity index (χ3n) is 4.46. The van der Waals surface area contributed by atoms with Crippen LogP contribution in [0.25, 0.3) is 0 Å². The number of fused-ring (bicyclic) bond motifs is 1. The average molecular weight is 350 g/mol. The molecule has 0 radical (unpaired) electrons. The molecule has 2 aromatic carbocycles. The number of anilines is 2. The van der Waals surface area contributed by atoms with Gasteiger partial charge in [-0.2, -0.15) is 0 Å². The summed E-state index contributed by atoms with van der Waals surface area (Å²) in [5, 5.41) is 2.90. The molecule has 0 bridgehead atoms. The SMILES string of the molecule is CC(C)(C)CC(=O)Nc1ccc(C(=O)N2CCCc3ccccc32)cc1. The highest BCUT2D eigenvalue weighted by atomic mass is 16.2.